The number of Topliss-reactive ketones (excluding diaryl/α,β-unsaturated/α-hetero) is 1. The van der Waals surface area contributed by atoms with Gasteiger partial charge in [0.15, 0.2) is 5.78 Å². The highest BCUT2D eigenvalue weighted by Crippen LogP contribution is 2.22. The molecule has 3 heteroatoms. The van der Waals surface area contributed by atoms with Crippen molar-refractivity contribution in [1.29, 1.82) is 0 Å². The van der Waals surface area contributed by atoms with E-state index in [1.807, 2.05) is 0 Å². The second-order valence-corrected chi connectivity index (χ2v) is 4.27. The number of hydrogen-bond acceptors (Lipinski definition) is 3. The van der Waals surface area contributed by atoms with Gasteiger partial charge >= 0.3 is 0 Å². The van der Waals surface area contributed by atoms with Crippen LogP contribution in [-0.2, 0) is 9.53 Å². The van der Waals surface area contributed by atoms with Crippen LogP contribution in [0.1, 0.15) is 39.5 Å². The lowest BCUT2D eigenvalue weighted by Crippen LogP contribution is -2.49. The molecular weight excluding hydrogens is 178 g/mol. The van der Waals surface area contributed by atoms with E-state index in [4.69, 9.17) is 10.5 Å². The molecule has 1 saturated heterocycles. The predicted molar refractivity (Wildman–Crippen MR) is 56.1 cm³/mol. The maximum Gasteiger partial charge on any atom is 0.155 e. The Kier molecular flexibility index (Phi) is 4.08. The van der Waals surface area contributed by atoms with Crippen molar-refractivity contribution in [1.82, 2.24) is 0 Å². The minimum Gasteiger partial charge on any atom is -0.379 e. The number of carbonyl (C=O) groups is 1. The summed E-state index contributed by atoms with van der Waals surface area (Å²) in [4.78, 5) is 11.9. The van der Waals surface area contributed by atoms with Gasteiger partial charge in [-0.05, 0) is 12.3 Å². The molecule has 1 rings (SSSR count). The summed E-state index contributed by atoms with van der Waals surface area (Å²) in [6, 6.07) is 0. The Hall–Kier alpha value is -0.410. The number of ether oxygens (including phenoxy) is 1. The predicted octanol–water partition coefficient (Wildman–Crippen LogP) is 1.50. The zero-order chi connectivity index (χ0) is 10.6. The van der Waals surface area contributed by atoms with Gasteiger partial charge in [0.05, 0.1) is 6.61 Å². The van der Waals surface area contributed by atoms with E-state index < -0.39 is 5.54 Å². The van der Waals surface area contributed by atoms with Crippen molar-refractivity contribution in [2.24, 2.45) is 11.7 Å². The van der Waals surface area contributed by atoms with Crippen LogP contribution in [0.3, 0.4) is 0 Å². The molecule has 2 N–H and O–H groups in total. The largest absolute Gasteiger partial charge is 0.379 e. The van der Waals surface area contributed by atoms with Crippen molar-refractivity contribution >= 4 is 5.78 Å². The highest BCUT2D eigenvalue weighted by Gasteiger charge is 2.38. The van der Waals surface area contributed by atoms with Crippen molar-refractivity contribution in [2.75, 3.05) is 13.2 Å². The Labute approximate surface area is 86.0 Å². The molecule has 0 amide bonds. The summed E-state index contributed by atoms with van der Waals surface area (Å²) in [5.74, 6) is 0.673. The lowest BCUT2D eigenvalue weighted by molar-refractivity contribution is -0.125. The van der Waals surface area contributed by atoms with Gasteiger partial charge in [0.2, 0.25) is 0 Å². The van der Waals surface area contributed by atoms with Gasteiger partial charge < -0.3 is 10.5 Å². The first-order valence-electron chi connectivity index (χ1n) is 5.52. The molecule has 14 heavy (non-hydrogen) atoms. The van der Waals surface area contributed by atoms with Gasteiger partial charge in [-0.25, -0.2) is 0 Å². The van der Waals surface area contributed by atoms with Crippen molar-refractivity contribution in [3.63, 3.8) is 0 Å². The van der Waals surface area contributed by atoms with Crippen LogP contribution in [0.2, 0.25) is 0 Å². The minimum atomic E-state index is -0.678. The molecule has 0 bridgehead atoms. The molecule has 82 valence electrons. The van der Waals surface area contributed by atoms with Gasteiger partial charge in [0, 0.05) is 13.0 Å². The molecule has 1 heterocycles. The average molecular weight is 199 g/mol. The Balaban J connectivity index is 2.48. The summed E-state index contributed by atoms with van der Waals surface area (Å²) >= 11 is 0. The monoisotopic (exact) mass is 199 g/mol. The van der Waals surface area contributed by atoms with E-state index in [2.05, 4.69) is 13.8 Å². The van der Waals surface area contributed by atoms with Gasteiger partial charge in [-0.15, -0.1) is 0 Å². The Bertz CT molecular complexity index is 193. The third-order valence-electron chi connectivity index (χ3n) is 3.24. The second kappa shape index (κ2) is 4.89. The van der Waals surface area contributed by atoms with E-state index in [9.17, 15) is 4.79 Å². The van der Waals surface area contributed by atoms with Crippen LogP contribution in [0.5, 0.6) is 0 Å². The van der Waals surface area contributed by atoms with Crippen LogP contribution in [0.4, 0.5) is 0 Å². The Morgan fingerprint density at radius 3 is 2.57 bits per heavy atom. The molecule has 1 aliphatic heterocycles. The molecule has 1 unspecified atom stereocenters. The fourth-order valence-corrected chi connectivity index (χ4v) is 1.84. The first-order chi connectivity index (χ1) is 6.62. The van der Waals surface area contributed by atoms with E-state index in [1.165, 1.54) is 0 Å². The van der Waals surface area contributed by atoms with Gasteiger partial charge in [0.1, 0.15) is 5.54 Å². The van der Waals surface area contributed by atoms with Crippen molar-refractivity contribution in [3.05, 3.63) is 0 Å². The van der Waals surface area contributed by atoms with E-state index in [0.717, 1.165) is 12.8 Å². The maximum atomic E-state index is 11.9. The van der Waals surface area contributed by atoms with Crippen LogP contribution in [0, 0.1) is 5.92 Å². The molecule has 1 fully saturated rings. The number of nitrogens with two attached hydrogens (primary N) is 1. The number of ketones is 1. The van der Waals surface area contributed by atoms with Gasteiger partial charge in [-0.1, -0.05) is 26.7 Å². The van der Waals surface area contributed by atoms with E-state index >= 15 is 0 Å². The fourth-order valence-electron chi connectivity index (χ4n) is 1.84. The van der Waals surface area contributed by atoms with Crippen LogP contribution >= 0.6 is 0 Å². The SMILES string of the molecule is CCC(CC)CC(=O)C1(N)CCOC1. The topological polar surface area (TPSA) is 52.3 Å². The van der Waals surface area contributed by atoms with E-state index in [1.54, 1.807) is 0 Å². The minimum absolute atomic E-state index is 0.184. The fraction of sp³-hybridized carbons (Fsp3) is 0.909. The zero-order valence-electron chi connectivity index (χ0n) is 9.21. The summed E-state index contributed by atoms with van der Waals surface area (Å²) in [5, 5.41) is 0. The summed E-state index contributed by atoms with van der Waals surface area (Å²) in [5.41, 5.74) is 5.31. The first-order valence-corrected chi connectivity index (χ1v) is 5.52. The lowest BCUT2D eigenvalue weighted by atomic mass is 9.86. The van der Waals surface area contributed by atoms with E-state index in [-0.39, 0.29) is 5.78 Å². The van der Waals surface area contributed by atoms with Crippen LogP contribution < -0.4 is 5.73 Å². The normalized spacial score (nSPS) is 27.1. The summed E-state index contributed by atoms with van der Waals surface area (Å²) in [6.45, 7) is 5.28. The molecule has 0 aromatic carbocycles. The van der Waals surface area contributed by atoms with Gasteiger partial charge in [-0.2, -0.15) is 0 Å². The third-order valence-corrected chi connectivity index (χ3v) is 3.24. The smallest absolute Gasteiger partial charge is 0.155 e. The van der Waals surface area contributed by atoms with Gasteiger partial charge in [0.25, 0.3) is 0 Å². The highest BCUT2D eigenvalue weighted by atomic mass is 16.5. The molecule has 1 atom stereocenters. The Morgan fingerprint density at radius 1 is 1.50 bits per heavy atom. The van der Waals surface area contributed by atoms with Crippen molar-refractivity contribution in [3.8, 4) is 0 Å². The van der Waals surface area contributed by atoms with Crippen molar-refractivity contribution < 1.29 is 9.53 Å². The number of hydrogen-bond donors (Lipinski definition) is 1. The Morgan fingerprint density at radius 2 is 2.14 bits per heavy atom. The third kappa shape index (κ3) is 2.55. The van der Waals surface area contributed by atoms with E-state index in [0.29, 0.717) is 32.0 Å². The van der Waals surface area contributed by atoms with Crippen LogP contribution in [-0.4, -0.2) is 24.5 Å². The zero-order valence-corrected chi connectivity index (χ0v) is 9.21. The summed E-state index contributed by atoms with van der Waals surface area (Å²) in [7, 11) is 0. The molecule has 3 nitrogen and oxygen atoms in total. The standard InChI is InChI=1S/C11H21NO2/c1-3-9(4-2)7-10(13)11(12)5-6-14-8-11/h9H,3-8,12H2,1-2H3. The van der Waals surface area contributed by atoms with Crippen LogP contribution in [0.15, 0.2) is 0 Å². The molecule has 0 aromatic rings. The summed E-state index contributed by atoms with van der Waals surface area (Å²) < 4.78 is 5.18. The maximum absolute atomic E-state index is 11.9. The molecule has 0 radical (unpaired) electrons. The molecule has 0 aliphatic carbocycles. The molecule has 0 saturated carbocycles. The molecule has 0 aromatic heterocycles. The lowest BCUT2D eigenvalue weighted by Gasteiger charge is -2.22. The number of rotatable bonds is 5. The quantitative estimate of drug-likeness (QED) is 0.730. The number of carbonyl (C=O) groups excluding carboxylic acids is 1. The highest BCUT2D eigenvalue weighted by molar-refractivity contribution is 5.88. The molecular formula is C11H21NO2. The second-order valence-electron chi connectivity index (χ2n) is 4.27. The van der Waals surface area contributed by atoms with Gasteiger partial charge in [-0.3, -0.25) is 4.79 Å². The molecule has 1 aliphatic rings. The summed E-state index contributed by atoms with van der Waals surface area (Å²) in [6.07, 6.45) is 3.41. The average Bonchev–Trinajstić information content (AvgIpc) is 2.62. The van der Waals surface area contributed by atoms with Crippen molar-refractivity contribution in [2.45, 2.75) is 45.1 Å². The molecule has 0 spiro atoms. The first kappa shape index (κ1) is 11.7. The van der Waals surface area contributed by atoms with Crippen LogP contribution in [0.25, 0.3) is 0 Å².